The molecule has 3 heteroatoms. The van der Waals surface area contributed by atoms with Crippen LogP contribution in [-0.4, -0.2) is 12.7 Å². The van der Waals surface area contributed by atoms with Crippen molar-refractivity contribution in [3.8, 4) is 0 Å². The van der Waals surface area contributed by atoms with Crippen LogP contribution in [-0.2, 0) is 4.74 Å². The highest BCUT2D eigenvalue weighted by Gasteiger charge is 2.17. The number of aryl methyl sites for hydroxylation is 1. The first-order chi connectivity index (χ1) is 8.66. The normalized spacial score (nSPS) is 21.8. The highest BCUT2D eigenvalue weighted by Crippen LogP contribution is 2.24. The van der Waals surface area contributed by atoms with E-state index in [1.165, 1.54) is 12.5 Å². The standard InChI is InChI=1S/C15H22FNO/c1-11-5-7-14(16)13(10-11)15(17)8-6-12-4-2-3-9-18-12/h5,7,10,12,15H,2-4,6,8-9,17H2,1H3. The van der Waals surface area contributed by atoms with Gasteiger partial charge in [0.15, 0.2) is 0 Å². The van der Waals surface area contributed by atoms with Gasteiger partial charge in [-0.15, -0.1) is 0 Å². The van der Waals surface area contributed by atoms with Crippen LogP contribution in [0.5, 0.6) is 0 Å². The fraction of sp³-hybridized carbons (Fsp3) is 0.600. The van der Waals surface area contributed by atoms with Crippen molar-refractivity contribution in [2.24, 2.45) is 5.73 Å². The summed E-state index contributed by atoms with van der Waals surface area (Å²) >= 11 is 0. The fourth-order valence-corrected chi connectivity index (χ4v) is 2.50. The number of ether oxygens (including phenoxy) is 1. The van der Waals surface area contributed by atoms with Crippen molar-refractivity contribution in [1.82, 2.24) is 0 Å². The van der Waals surface area contributed by atoms with Gasteiger partial charge in [-0.25, -0.2) is 4.39 Å². The van der Waals surface area contributed by atoms with Crippen molar-refractivity contribution in [3.05, 3.63) is 35.1 Å². The van der Waals surface area contributed by atoms with Gasteiger partial charge in [-0.2, -0.15) is 0 Å². The molecule has 0 aromatic heterocycles. The summed E-state index contributed by atoms with van der Waals surface area (Å²) in [7, 11) is 0. The lowest BCUT2D eigenvalue weighted by Crippen LogP contribution is -2.21. The summed E-state index contributed by atoms with van der Waals surface area (Å²) in [6, 6.07) is 4.90. The van der Waals surface area contributed by atoms with Crippen LogP contribution in [0.1, 0.15) is 49.3 Å². The lowest BCUT2D eigenvalue weighted by atomic mass is 9.96. The Balaban J connectivity index is 1.90. The van der Waals surface area contributed by atoms with Gasteiger partial charge in [-0.1, -0.05) is 17.7 Å². The van der Waals surface area contributed by atoms with Crippen molar-refractivity contribution in [1.29, 1.82) is 0 Å². The minimum atomic E-state index is -0.226. The molecule has 100 valence electrons. The summed E-state index contributed by atoms with van der Waals surface area (Å²) in [6.07, 6.45) is 5.54. The Bertz CT molecular complexity index is 388. The van der Waals surface area contributed by atoms with Crippen LogP contribution in [0.15, 0.2) is 18.2 Å². The van der Waals surface area contributed by atoms with Crippen LogP contribution in [0.25, 0.3) is 0 Å². The Hall–Kier alpha value is -0.930. The third-order valence-corrected chi connectivity index (χ3v) is 3.62. The van der Waals surface area contributed by atoms with Gasteiger partial charge in [0, 0.05) is 18.2 Å². The lowest BCUT2D eigenvalue weighted by molar-refractivity contribution is 0.00908. The molecule has 1 saturated heterocycles. The second-order valence-electron chi connectivity index (χ2n) is 5.20. The molecule has 1 aliphatic heterocycles. The van der Waals surface area contributed by atoms with E-state index in [0.717, 1.165) is 37.9 Å². The van der Waals surface area contributed by atoms with Crippen molar-refractivity contribution in [2.45, 2.75) is 51.2 Å². The van der Waals surface area contributed by atoms with Crippen LogP contribution in [0.2, 0.25) is 0 Å². The van der Waals surface area contributed by atoms with Crippen molar-refractivity contribution in [2.75, 3.05) is 6.61 Å². The first-order valence-electron chi connectivity index (χ1n) is 6.80. The van der Waals surface area contributed by atoms with Gasteiger partial charge in [-0.05, 0) is 45.1 Å². The number of hydrogen-bond acceptors (Lipinski definition) is 2. The molecule has 2 N–H and O–H groups in total. The average Bonchev–Trinajstić information content (AvgIpc) is 2.40. The number of nitrogens with two attached hydrogens (primary N) is 1. The number of halogens is 1. The molecule has 0 saturated carbocycles. The monoisotopic (exact) mass is 251 g/mol. The SMILES string of the molecule is Cc1ccc(F)c(C(N)CCC2CCCCO2)c1. The maximum atomic E-state index is 13.7. The fourth-order valence-electron chi connectivity index (χ4n) is 2.50. The molecule has 1 heterocycles. The van der Waals surface area contributed by atoms with Gasteiger partial charge in [0.05, 0.1) is 6.10 Å². The quantitative estimate of drug-likeness (QED) is 0.889. The Morgan fingerprint density at radius 1 is 1.44 bits per heavy atom. The van der Waals surface area contributed by atoms with Crippen molar-refractivity contribution in [3.63, 3.8) is 0 Å². The Morgan fingerprint density at radius 3 is 3.00 bits per heavy atom. The summed E-state index contributed by atoms with van der Waals surface area (Å²) in [6.45, 7) is 2.82. The third kappa shape index (κ3) is 3.53. The van der Waals surface area contributed by atoms with Gasteiger partial charge in [-0.3, -0.25) is 0 Å². The second-order valence-corrected chi connectivity index (χ2v) is 5.20. The molecule has 1 aromatic rings. The minimum Gasteiger partial charge on any atom is -0.378 e. The molecule has 2 unspecified atom stereocenters. The zero-order valence-electron chi connectivity index (χ0n) is 11.0. The molecule has 2 nitrogen and oxygen atoms in total. The molecule has 0 radical (unpaired) electrons. The predicted octanol–water partition coefficient (Wildman–Crippen LogP) is 3.48. The average molecular weight is 251 g/mol. The molecule has 1 aliphatic rings. The Morgan fingerprint density at radius 2 is 2.28 bits per heavy atom. The molecule has 0 spiro atoms. The zero-order valence-corrected chi connectivity index (χ0v) is 11.0. The highest BCUT2D eigenvalue weighted by molar-refractivity contribution is 5.26. The van der Waals surface area contributed by atoms with E-state index in [1.807, 2.05) is 13.0 Å². The molecule has 2 rings (SSSR count). The summed E-state index contributed by atoms with van der Waals surface area (Å²) < 4.78 is 19.3. The molecule has 1 aromatic carbocycles. The first-order valence-corrected chi connectivity index (χ1v) is 6.80. The summed E-state index contributed by atoms with van der Waals surface area (Å²) in [5.41, 5.74) is 7.77. The second kappa shape index (κ2) is 6.30. The van der Waals surface area contributed by atoms with Crippen molar-refractivity contribution >= 4 is 0 Å². The van der Waals surface area contributed by atoms with Crippen LogP contribution < -0.4 is 5.73 Å². The van der Waals surface area contributed by atoms with E-state index in [2.05, 4.69) is 0 Å². The Labute approximate surface area is 108 Å². The van der Waals surface area contributed by atoms with Gasteiger partial charge in [0.25, 0.3) is 0 Å². The maximum absolute atomic E-state index is 13.7. The van der Waals surface area contributed by atoms with E-state index in [4.69, 9.17) is 10.5 Å². The minimum absolute atomic E-state index is 0.197. The Kier molecular flexibility index (Phi) is 4.72. The van der Waals surface area contributed by atoms with E-state index < -0.39 is 0 Å². The van der Waals surface area contributed by atoms with E-state index in [1.54, 1.807) is 6.07 Å². The highest BCUT2D eigenvalue weighted by atomic mass is 19.1. The van der Waals surface area contributed by atoms with Gasteiger partial charge < -0.3 is 10.5 Å². The van der Waals surface area contributed by atoms with Crippen LogP contribution in [0, 0.1) is 12.7 Å². The molecule has 2 atom stereocenters. The van der Waals surface area contributed by atoms with Crippen LogP contribution in [0.4, 0.5) is 4.39 Å². The van der Waals surface area contributed by atoms with Crippen LogP contribution >= 0.6 is 0 Å². The molecular weight excluding hydrogens is 229 g/mol. The molecule has 0 aliphatic carbocycles. The lowest BCUT2D eigenvalue weighted by Gasteiger charge is -2.24. The number of rotatable bonds is 4. The first kappa shape index (κ1) is 13.5. The topological polar surface area (TPSA) is 35.2 Å². The molecule has 0 bridgehead atoms. The maximum Gasteiger partial charge on any atom is 0.127 e. The van der Waals surface area contributed by atoms with E-state index in [0.29, 0.717) is 11.7 Å². The van der Waals surface area contributed by atoms with Gasteiger partial charge in [0.2, 0.25) is 0 Å². The predicted molar refractivity (Wildman–Crippen MR) is 70.9 cm³/mol. The van der Waals surface area contributed by atoms with Crippen molar-refractivity contribution < 1.29 is 9.13 Å². The zero-order chi connectivity index (χ0) is 13.0. The molecule has 18 heavy (non-hydrogen) atoms. The third-order valence-electron chi connectivity index (χ3n) is 3.62. The number of benzene rings is 1. The van der Waals surface area contributed by atoms with Crippen LogP contribution in [0.3, 0.4) is 0 Å². The van der Waals surface area contributed by atoms with E-state index >= 15 is 0 Å². The molecule has 1 fully saturated rings. The van der Waals surface area contributed by atoms with E-state index in [9.17, 15) is 4.39 Å². The van der Waals surface area contributed by atoms with E-state index in [-0.39, 0.29) is 11.9 Å². The smallest absolute Gasteiger partial charge is 0.127 e. The summed E-state index contributed by atoms with van der Waals surface area (Å²) in [5.74, 6) is -0.197. The number of hydrogen-bond donors (Lipinski definition) is 1. The summed E-state index contributed by atoms with van der Waals surface area (Å²) in [5, 5.41) is 0. The summed E-state index contributed by atoms with van der Waals surface area (Å²) in [4.78, 5) is 0. The molecular formula is C15H22FNO. The van der Waals surface area contributed by atoms with Gasteiger partial charge >= 0.3 is 0 Å². The molecule has 0 amide bonds. The largest absolute Gasteiger partial charge is 0.378 e. The van der Waals surface area contributed by atoms with Gasteiger partial charge in [0.1, 0.15) is 5.82 Å².